The van der Waals surface area contributed by atoms with Gasteiger partial charge in [-0.2, -0.15) is 0 Å². The minimum absolute atomic E-state index is 0.230. The van der Waals surface area contributed by atoms with Gasteiger partial charge in [0.1, 0.15) is 0 Å². The molecule has 0 N–H and O–H groups in total. The van der Waals surface area contributed by atoms with Gasteiger partial charge >= 0.3 is 0 Å². The SMILES string of the molecule is CCCCCCCCCCCCCCCCCC/C=C/CCC(=O)Cl. The molecule has 0 rings (SSSR count). The summed E-state index contributed by atoms with van der Waals surface area (Å²) in [4.78, 5) is 10.6. The first-order chi connectivity index (χ1) is 12.3. The Kier molecular flexibility index (Phi) is 21.5. The molecule has 148 valence electrons. The van der Waals surface area contributed by atoms with Crippen molar-refractivity contribution in [3.8, 4) is 0 Å². The van der Waals surface area contributed by atoms with Gasteiger partial charge in [-0.1, -0.05) is 115 Å². The Labute approximate surface area is 163 Å². The first-order valence-electron chi connectivity index (χ1n) is 11.1. The van der Waals surface area contributed by atoms with E-state index in [1.165, 1.54) is 103 Å². The van der Waals surface area contributed by atoms with Crippen molar-refractivity contribution in [2.45, 2.75) is 129 Å². The van der Waals surface area contributed by atoms with E-state index < -0.39 is 0 Å². The summed E-state index contributed by atoms with van der Waals surface area (Å²) in [6, 6.07) is 0. The van der Waals surface area contributed by atoms with Gasteiger partial charge in [-0.15, -0.1) is 0 Å². The van der Waals surface area contributed by atoms with E-state index in [1.807, 2.05) is 0 Å². The van der Waals surface area contributed by atoms with E-state index >= 15 is 0 Å². The van der Waals surface area contributed by atoms with E-state index in [1.54, 1.807) is 0 Å². The van der Waals surface area contributed by atoms with Crippen molar-refractivity contribution in [1.82, 2.24) is 0 Å². The maximum atomic E-state index is 10.6. The first-order valence-corrected chi connectivity index (χ1v) is 11.5. The zero-order valence-electron chi connectivity index (χ0n) is 16.9. The maximum absolute atomic E-state index is 10.6. The number of allylic oxidation sites excluding steroid dienone is 2. The van der Waals surface area contributed by atoms with Crippen LogP contribution in [0.25, 0.3) is 0 Å². The first kappa shape index (κ1) is 24.7. The van der Waals surface area contributed by atoms with E-state index in [-0.39, 0.29) is 5.24 Å². The van der Waals surface area contributed by atoms with Crippen molar-refractivity contribution >= 4 is 16.8 Å². The highest BCUT2D eigenvalue weighted by molar-refractivity contribution is 6.63. The van der Waals surface area contributed by atoms with E-state index in [4.69, 9.17) is 11.6 Å². The average molecular weight is 371 g/mol. The van der Waals surface area contributed by atoms with E-state index in [0.717, 1.165) is 12.8 Å². The van der Waals surface area contributed by atoms with Crippen molar-refractivity contribution in [3.05, 3.63) is 12.2 Å². The third-order valence-corrected chi connectivity index (χ3v) is 5.09. The summed E-state index contributed by atoms with van der Waals surface area (Å²) >= 11 is 5.29. The Hall–Kier alpha value is -0.300. The minimum atomic E-state index is -0.230. The van der Waals surface area contributed by atoms with Gasteiger partial charge in [-0.3, -0.25) is 4.79 Å². The number of unbranched alkanes of at least 4 members (excludes halogenated alkanes) is 16. The molecule has 0 aliphatic carbocycles. The van der Waals surface area contributed by atoms with Gasteiger partial charge in [0.15, 0.2) is 0 Å². The van der Waals surface area contributed by atoms with Crippen LogP contribution in [0.3, 0.4) is 0 Å². The van der Waals surface area contributed by atoms with Crippen LogP contribution < -0.4 is 0 Å². The second-order valence-corrected chi connectivity index (χ2v) is 7.88. The Morgan fingerprint density at radius 1 is 0.600 bits per heavy atom. The molecule has 0 aromatic heterocycles. The lowest BCUT2D eigenvalue weighted by Crippen LogP contribution is -1.84. The molecular weight excluding hydrogens is 328 g/mol. The Balaban J connectivity index is 3.04. The fraction of sp³-hybridized carbons (Fsp3) is 0.870. The Bertz CT molecular complexity index is 298. The highest BCUT2D eigenvalue weighted by atomic mass is 35.5. The van der Waals surface area contributed by atoms with E-state index in [0.29, 0.717) is 6.42 Å². The highest BCUT2D eigenvalue weighted by Crippen LogP contribution is 2.14. The topological polar surface area (TPSA) is 17.1 Å². The summed E-state index contributed by atoms with van der Waals surface area (Å²) in [6.45, 7) is 2.29. The lowest BCUT2D eigenvalue weighted by molar-refractivity contribution is -0.111. The van der Waals surface area contributed by atoms with Crippen LogP contribution in [0.1, 0.15) is 129 Å². The second-order valence-electron chi connectivity index (χ2n) is 7.46. The van der Waals surface area contributed by atoms with Gasteiger partial charge in [0, 0.05) is 6.42 Å². The van der Waals surface area contributed by atoms with Crippen LogP contribution in [0.15, 0.2) is 12.2 Å². The van der Waals surface area contributed by atoms with Gasteiger partial charge in [-0.05, 0) is 30.9 Å². The zero-order chi connectivity index (χ0) is 18.4. The molecule has 2 heteroatoms. The molecule has 0 spiro atoms. The molecule has 0 unspecified atom stereocenters. The minimum Gasteiger partial charge on any atom is -0.281 e. The molecule has 0 bridgehead atoms. The molecule has 0 aliphatic rings. The van der Waals surface area contributed by atoms with Crippen LogP contribution in [0.4, 0.5) is 0 Å². The van der Waals surface area contributed by atoms with Crippen molar-refractivity contribution in [2.24, 2.45) is 0 Å². The molecule has 0 aromatic rings. The lowest BCUT2D eigenvalue weighted by atomic mass is 10.0. The maximum Gasteiger partial charge on any atom is 0.221 e. The molecule has 0 saturated heterocycles. The molecule has 0 radical (unpaired) electrons. The third-order valence-electron chi connectivity index (χ3n) is 4.90. The molecule has 1 nitrogen and oxygen atoms in total. The largest absolute Gasteiger partial charge is 0.281 e. The smallest absolute Gasteiger partial charge is 0.221 e. The van der Waals surface area contributed by atoms with E-state index in [9.17, 15) is 4.79 Å². The molecule has 0 saturated carbocycles. The van der Waals surface area contributed by atoms with Gasteiger partial charge in [0.25, 0.3) is 0 Å². The molecule has 0 atom stereocenters. The van der Waals surface area contributed by atoms with Gasteiger partial charge < -0.3 is 0 Å². The number of hydrogen-bond donors (Lipinski definition) is 0. The molecule has 0 fully saturated rings. The average Bonchev–Trinajstić information content (AvgIpc) is 2.60. The van der Waals surface area contributed by atoms with Crippen molar-refractivity contribution in [1.29, 1.82) is 0 Å². The second kappa shape index (κ2) is 21.7. The van der Waals surface area contributed by atoms with Gasteiger partial charge in [0.2, 0.25) is 5.24 Å². The summed E-state index contributed by atoms with van der Waals surface area (Å²) in [5.41, 5.74) is 0. The number of carbonyl (C=O) groups is 1. The number of carbonyl (C=O) groups excluding carboxylic acids is 1. The van der Waals surface area contributed by atoms with Gasteiger partial charge in [0.05, 0.1) is 0 Å². The monoisotopic (exact) mass is 370 g/mol. The van der Waals surface area contributed by atoms with Crippen molar-refractivity contribution in [3.63, 3.8) is 0 Å². The molecule has 0 aromatic carbocycles. The molecule has 25 heavy (non-hydrogen) atoms. The molecule has 0 aliphatic heterocycles. The van der Waals surface area contributed by atoms with Crippen molar-refractivity contribution < 1.29 is 4.79 Å². The summed E-state index contributed by atoms with van der Waals surface area (Å²) in [5.74, 6) is 0. The summed E-state index contributed by atoms with van der Waals surface area (Å²) in [7, 11) is 0. The van der Waals surface area contributed by atoms with Crippen LogP contribution in [-0.2, 0) is 4.79 Å². The third kappa shape index (κ3) is 23.7. The fourth-order valence-corrected chi connectivity index (χ4v) is 3.35. The van der Waals surface area contributed by atoms with Crippen LogP contribution in [0.2, 0.25) is 0 Å². The van der Waals surface area contributed by atoms with Gasteiger partial charge in [-0.25, -0.2) is 0 Å². The summed E-state index contributed by atoms with van der Waals surface area (Å²) < 4.78 is 0. The highest BCUT2D eigenvalue weighted by Gasteiger charge is 1.94. The van der Waals surface area contributed by atoms with Crippen LogP contribution in [-0.4, -0.2) is 5.24 Å². The normalized spacial score (nSPS) is 11.4. The fourth-order valence-electron chi connectivity index (χ4n) is 3.24. The molecule has 0 amide bonds. The van der Waals surface area contributed by atoms with E-state index in [2.05, 4.69) is 19.1 Å². The lowest BCUT2D eigenvalue weighted by Gasteiger charge is -2.03. The predicted molar refractivity (Wildman–Crippen MR) is 113 cm³/mol. The quantitative estimate of drug-likeness (QED) is 0.119. The van der Waals surface area contributed by atoms with Crippen molar-refractivity contribution in [2.75, 3.05) is 0 Å². The Morgan fingerprint density at radius 3 is 1.36 bits per heavy atom. The molecule has 0 heterocycles. The number of hydrogen-bond acceptors (Lipinski definition) is 1. The molecular formula is C23H43ClO. The van der Waals surface area contributed by atoms with Crippen LogP contribution >= 0.6 is 11.6 Å². The zero-order valence-corrected chi connectivity index (χ0v) is 17.6. The number of halogens is 1. The van der Waals surface area contributed by atoms with Crippen LogP contribution in [0.5, 0.6) is 0 Å². The number of rotatable bonds is 20. The standard InChI is InChI=1S/C23H43ClO/c1-2-3-4-5-6-7-8-9-10-11-12-13-14-15-16-17-18-19-20-21-22-23(24)25/h19-20H,2-18,21-22H2,1H3/b20-19+. The summed E-state index contributed by atoms with van der Waals surface area (Å²) in [6.07, 6.45) is 29.4. The van der Waals surface area contributed by atoms with Crippen LogP contribution in [0, 0.1) is 0 Å². The predicted octanol–water partition coefficient (Wildman–Crippen LogP) is 8.74. The Morgan fingerprint density at radius 2 is 0.960 bits per heavy atom. The summed E-state index contributed by atoms with van der Waals surface area (Å²) in [5, 5.41) is -0.230.